The Morgan fingerprint density at radius 2 is 2.27 bits per heavy atom. The smallest absolute Gasteiger partial charge is 0.122 e. The van der Waals surface area contributed by atoms with E-state index in [0.717, 1.165) is 31.6 Å². The zero-order valence-electron chi connectivity index (χ0n) is 9.28. The van der Waals surface area contributed by atoms with Gasteiger partial charge < -0.3 is 10.5 Å². The Labute approximate surface area is 91.4 Å². The Balaban J connectivity index is 2.21. The van der Waals surface area contributed by atoms with Gasteiger partial charge in [0.2, 0.25) is 0 Å². The number of hydrogen-bond donors (Lipinski definition) is 1. The lowest BCUT2D eigenvalue weighted by Crippen LogP contribution is -2.31. The molecule has 15 heavy (non-hydrogen) atoms. The average molecular weight is 205 g/mol. The van der Waals surface area contributed by atoms with Crippen LogP contribution < -0.4 is 10.5 Å². The average Bonchev–Trinajstić information content (AvgIpc) is 2.28. The molecule has 0 fully saturated rings. The number of para-hydroxylation sites is 1. The highest BCUT2D eigenvalue weighted by Crippen LogP contribution is 2.35. The largest absolute Gasteiger partial charge is 0.493 e. The van der Waals surface area contributed by atoms with E-state index in [9.17, 15) is 0 Å². The normalized spacial score (nSPS) is 21.6. The highest BCUT2D eigenvalue weighted by molar-refractivity contribution is 5.38. The Kier molecular flexibility index (Phi) is 3.27. The van der Waals surface area contributed by atoms with E-state index in [1.165, 1.54) is 5.56 Å². The molecule has 0 bridgehead atoms. The molecule has 1 aromatic rings. The van der Waals surface area contributed by atoms with Gasteiger partial charge >= 0.3 is 0 Å². The minimum absolute atomic E-state index is 0.278. The lowest BCUT2D eigenvalue weighted by molar-refractivity contribution is 0.252. The molecule has 1 aromatic carbocycles. The Morgan fingerprint density at radius 1 is 1.47 bits per heavy atom. The van der Waals surface area contributed by atoms with Crippen molar-refractivity contribution in [3.05, 3.63) is 29.8 Å². The van der Waals surface area contributed by atoms with E-state index < -0.39 is 0 Å². The second-order valence-electron chi connectivity index (χ2n) is 4.23. The third-order valence-corrected chi connectivity index (χ3v) is 3.14. The van der Waals surface area contributed by atoms with E-state index in [1.54, 1.807) is 0 Å². The molecule has 0 radical (unpaired) electrons. The molecule has 1 aliphatic rings. The summed E-state index contributed by atoms with van der Waals surface area (Å²) in [6.45, 7) is 2.99. The van der Waals surface area contributed by atoms with Crippen molar-refractivity contribution in [1.29, 1.82) is 0 Å². The van der Waals surface area contributed by atoms with E-state index in [1.807, 2.05) is 12.1 Å². The number of fused-ring (bicyclic) bond motifs is 1. The van der Waals surface area contributed by atoms with Crippen LogP contribution in [-0.2, 0) is 0 Å². The molecular formula is C13H19NO. The fraction of sp³-hybridized carbons (Fsp3) is 0.538. The van der Waals surface area contributed by atoms with Gasteiger partial charge in [0.15, 0.2) is 0 Å². The van der Waals surface area contributed by atoms with E-state index in [-0.39, 0.29) is 6.04 Å². The van der Waals surface area contributed by atoms with Crippen molar-refractivity contribution < 1.29 is 4.74 Å². The van der Waals surface area contributed by atoms with Crippen LogP contribution in [0.5, 0.6) is 5.75 Å². The zero-order valence-corrected chi connectivity index (χ0v) is 9.28. The van der Waals surface area contributed by atoms with Crippen molar-refractivity contribution in [3.63, 3.8) is 0 Å². The van der Waals surface area contributed by atoms with Crippen LogP contribution in [0.1, 0.15) is 37.7 Å². The maximum atomic E-state index is 6.22. The molecule has 82 valence electrons. The second kappa shape index (κ2) is 4.67. The lowest BCUT2D eigenvalue weighted by atomic mass is 9.85. The third-order valence-electron chi connectivity index (χ3n) is 3.14. The van der Waals surface area contributed by atoms with Gasteiger partial charge in [0.1, 0.15) is 5.75 Å². The molecule has 0 saturated heterocycles. The summed E-state index contributed by atoms with van der Waals surface area (Å²) in [5.74, 6) is 1.51. The Hall–Kier alpha value is -1.02. The maximum Gasteiger partial charge on any atom is 0.122 e. The van der Waals surface area contributed by atoms with Crippen LogP contribution in [0, 0.1) is 0 Å². The van der Waals surface area contributed by atoms with Crippen LogP contribution in [0.2, 0.25) is 0 Å². The molecule has 2 N–H and O–H groups in total. The van der Waals surface area contributed by atoms with Gasteiger partial charge in [-0.2, -0.15) is 0 Å². The SMILES string of the molecule is CCCC(N)C1CCOc2ccccc21. The van der Waals surface area contributed by atoms with Crippen LogP contribution in [0.15, 0.2) is 24.3 Å². The van der Waals surface area contributed by atoms with Crippen molar-refractivity contribution in [2.45, 2.75) is 38.1 Å². The molecule has 2 atom stereocenters. The molecular weight excluding hydrogens is 186 g/mol. The van der Waals surface area contributed by atoms with Gasteiger partial charge in [-0.25, -0.2) is 0 Å². The summed E-state index contributed by atoms with van der Waals surface area (Å²) < 4.78 is 5.63. The van der Waals surface area contributed by atoms with E-state index in [4.69, 9.17) is 10.5 Å². The van der Waals surface area contributed by atoms with E-state index >= 15 is 0 Å². The van der Waals surface area contributed by atoms with Crippen LogP contribution >= 0.6 is 0 Å². The van der Waals surface area contributed by atoms with Gasteiger partial charge in [-0.05, 0) is 24.5 Å². The minimum atomic E-state index is 0.278. The minimum Gasteiger partial charge on any atom is -0.493 e. The standard InChI is InChI=1S/C13H19NO/c1-2-5-12(14)10-8-9-15-13-7-4-3-6-11(10)13/h3-4,6-7,10,12H,2,5,8-9,14H2,1H3. The first-order valence-electron chi connectivity index (χ1n) is 5.80. The molecule has 1 heterocycles. The molecule has 0 aromatic heterocycles. The van der Waals surface area contributed by atoms with Crippen molar-refractivity contribution in [2.24, 2.45) is 5.73 Å². The molecule has 0 aliphatic carbocycles. The van der Waals surface area contributed by atoms with Gasteiger partial charge in [-0.1, -0.05) is 31.5 Å². The predicted octanol–water partition coefficient (Wildman–Crippen LogP) is 2.68. The van der Waals surface area contributed by atoms with Gasteiger partial charge in [0.25, 0.3) is 0 Å². The third kappa shape index (κ3) is 2.15. The summed E-state index contributed by atoms with van der Waals surface area (Å²) in [5.41, 5.74) is 7.51. The summed E-state index contributed by atoms with van der Waals surface area (Å²) in [4.78, 5) is 0. The fourth-order valence-electron chi connectivity index (χ4n) is 2.35. The first kappa shape index (κ1) is 10.5. The van der Waals surface area contributed by atoms with Crippen LogP contribution in [0.4, 0.5) is 0 Å². The van der Waals surface area contributed by atoms with Gasteiger partial charge in [-0.3, -0.25) is 0 Å². The van der Waals surface area contributed by atoms with Crippen molar-refractivity contribution in [3.8, 4) is 5.75 Å². The molecule has 2 rings (SSSR count). The molecule has 1 aliphatic heterocycles. The number of nitrogens with two attached hydrogens (primary N) is 1. The Bertz CT molecular complexity index is 324. The predicted molar refractivity (Wildman–Crippen MR) is 62.2 cm³/mol. The van der Waals surface area contributed by atoms with Crippen LogP contribution in [-0.4, -0.2) is 12.6 Å². The molecule has 2 unspecified atom stereocenters. The van der Waals surface area contributed by atoms with Crippen LogP contribution in [0.3, 0.4) is 0 Å². The zero-order chi connectivity index (χ0) is 10.7. The van der Waals surface area contributed by atoms with Crippen molar-refractivity contribution in [1.82, 2.24) is 0 Å². The highest BCUT2D eigenvalue weighted by atomic mass is 16.5. The first-order chi connectivity index (χ1) is 7.33. The number of ether oxygens (including phenoxy) is 1. The van der Waals surface area contributed by atoms with Gasteiger partial charge in [-0.15, -0.1) is 0 Å². The second-order valence-corrected chi connectivity index (χ2v) is 4.23. The molecule has 0 spiro atoms. The van der Waals surface area contributed by atoms with Crippen molar-refractivity contribution >= 4 is 0 Å². The summed E-state index contributed by atoms with van der Waals surface area (Å²) in [6.07, 6.45) is 3.30. The topological polar surface area (TPSA) is 35.2 Å². The molecule has 2 nitrogen and oxygen atoms in total. The number of benzene rings is 1. The van der Waals surface area contributed by atoms with E-state index in [2.05, 4.69) is 19.1 Å². The summed E-state index contributed by atoms with van der Waals surface area (Å²) >= 11 is 0. The van der Waals surface area contributed by atoms with Gasteiger partial charge in [0, 0.05) is 12.0 Å². The van der Waals surface area contributed by atoms with Crippen molar-refractivity contribution in [2.75, 3.05) is 6.61 Å². The highest BCUT2D eigenvalue weighted by Gasteiger charge is 2.25. The number of rotatable bonds is 3. The monoisotopic (exact) mass is 205 g/mol. The fourth-order valence-corrected chi connectivity index (χ4v) is 2.35. The van der Waals surface area contributed by atoms with Gasteiger partial charge in [0.05, 0.1) is 6.61 Å². The molecule has 2 heteroatoms. The summed E-state index contributed by atoms with van der Waals surface area (Å²) in [6, 6.07) is 8.56. The maximum absolute atomic E-state index is 6.22. The lowest BCUT2D eigenvalue weighted by Gasteiger charge is -2.30. The quantitative estimate of drug-likeness (QED) is 0.823. The van der Waals surface area contributed by atoms with E-state index in [0.29, 0.717) is 5.92 Å². The summed E-state index contributed by atoms with van der Waals surface area (Å²) in [5, 5.41) is 0. The Morgan fingerprint density at radius 3 is 3.07 bits per heavy atom. The van der Waals surface area contributed by atoms with Crippen LogP contribution in [0.25, 0.3) is 0 Å². The first-order valence-corrected chi connectivity index (χ1v) is 5.80. The number of hydrogen-bond acceptors (Lipinski definition) is 2. The molecule has 0 amide bonds. The summed E-state index contributed by atoms with van der Waals surface area (Å²) in [7, 11) is 0. The molecule has 0 saturated carbocycles.